The molecule has 1 aliphatic rings. The summed E-state index contributed by atoms with van der Waals surface area (Å²) in [5.41, 5.74) is 1.40. The van der Waals surface area contributed by atoms with E-state index in [1.54, 1.807) is 14.2 Å². The van der Waals surface area contributed by atoms with E-state index in [9.17, 15) is 13.6 Å². The van der Waals surface area contributed by atoms with Crippen LogP contribution in [-0.2, 0) is 11.3 Å². The zero-order valence-electron chi connectivity index (χ0n) is 16.4. The second-order valence-electron chi connectivity index (χ2n) is 6.76. The zero-order chi connectivity index (χ0) is 20.8. The summed E-state index contributed by atoms with van der Waals surface area (Å²) in [5.74, 6) is 1.39. The van der Waals surface area contributed by atoms with E-state index in [0.717, 1.165) is 24.7 Å². The first-order valence-corrected chi connectivity index (χ1v) is 9.39. The van der Waals surface area contributed by atoms with Crippen molar-refractivity contribution in [1.82, 2.24) is 9.88 Å². The molecule has 0 aliphatic carbocycles. The van der Waals surface area contributed by atoms with Gasteiger partial charge in [0.15, 0.2) is 0 Å². The highest BCUT2D eigenvalue weighted by molar-refractivity contribution is 5.58. The van der Waals surface area contributed by atoms with Crippen molar-refractivity contribution >= 4 is 6.29 Å². The number of rotatable bonds is 8. The number of halogens is 2. The van der Waals surface area contributed by atoms with Crippen molar-refractivity contribution in [2.45, 2.75) is 44.5 Å². The average molecular weight is 406 g/mol. The second kappa shape index (κ2) is 9.65. The highest BCUT2D eigenvalue weighted by Crippen LogP contribution is 2.43. The molecular weight excluding hydrogens is 382 g/mol. The summed E-state index contributed by atoms with van der Waals surface area (Å²) in [6.45, 7) is -2.61. The number of carbonyl (C=O) groups is 1. The molecule has 0 bridgehead atoms. The Labute approximate surface area is 168 Å². The Balaban J connectivity index is 1.97. The number of ether oxygens (including phenoxy) is 3. The predicted octanol–water partition coefficient (Wildman–Crippen LogP) is 3.99. The van der Waals surface area contributed by atoms with E-state index in [2.05, 4.69) is 9.72 Å². The van der Waals surface area contributed by atoms with E-state index in [1.807, 2.05) is 23.1 Å². The van der Waals surface area contributed by atoms with E-state index in [-0.39, 0.29) is 17.8 Å². The maximum atomic E-state index is 12.6. The SMILES string of the molecule is COc1cccc(OC)c1C1CCCC(C=O)N1Cc1cc(OC(F)F)ccn1. The number of alkyl halides is 2. The number of aldehydes is 1. The van der Waals surface area contributed by atoms with Crippen LogP contribution in [-0.4, -0.2) is 43.0 Å². The minimum Gasteiger partial charge on any atom is -0.496 e. The van der Waals surface area contributed by atoms with Crippen LogP contribution < -0.4 is 14.2 Å². The lowest BCUT2D eigenvalue weighted by Gasteiger charge is -2.40. The minimum absolute atomic E-state index is 0.0380. The van der Waals surface area contributed by atoms with Crippen LogP contribution in [0, 0.1) is 0 Å². The number of pyridine rings is 1. The minimum atomic E-state index is -2.91. The summed E-state index contributed by atoms with van der Waals surface area (Å²) in [7, 11) is 3.19. The summed E-state index contributed by atoms with van der Waals surface area (Å²) in [4.78, 5) is 18.1. The van der Waals surface area contributed by atoms with Gasteiger partial charge in [0.05, 0.1) is 31.5 Å². The van der Waals surface area contributed by atoms with Crippen LogP contribution in [0.5, 0.6) is 17.2 Å². The molecule has 8 heteroatoms. The van der Waals surface area contributed by atoms with Crippen molar-refractivity contribution in [3.05, 3.63) is 47.8 Å². The Hall–Kier alpha value is -2.74. The number of piperidine rings is 1. The number of hydrogen-bond acceptors (Lipinski definition) is 6. The van der Waals surface area contributed by atoms with Crippen molar-refractivity contribution in [2.75, 3.05) is 14.2 Å². The zero-order valence-corrected chi connectivity index (χ0v) is 16.4. The van der Waals surface area contributed by atoms with Crippen molar-refractivity contribution in [3.63, 3.8) is 0 Å². The van der Waals surface area contributed by atoms with Crippen molar-refractivity contribution in [1.29, 1.82) is 0 Å². The third-order valence-corrected chi connectivity index (χ3v) is 5.12. The molecule has 2 atom stereocenters. The van der Waals surface area contributed by atoms with Gasteiger partial charge in [-0.1, -0.05) is 6.07 Å². The Kier molecular flexibility index (Phi) is 6.98. The van der Waals surface area contributed by atoms with Crippen LogP contribution >= 0.6 is 0 Å². The summed E-state index contributed by atoms with van der Waals surface area (Å²) in [6, 6.07) is 7.93. The van der Waals surface area contributed by atoms with E-state index >= 15 is 0 Å². The number of carbonyl (C=O) groups excluding carboxylic acids is 1. The Morgan fingerprint density at radius 1 is 1.21 bits per heavy atom. The fraction of sp³-hybridized carbons (Fsp3) is 0.429. The van der Waals surface area contributed by atoms with Gasteiger partial charge in [-0.25, -0.2) is 0 Å². The maximum Gasteiger partial charge on any atom is 0.387 e. The molecule has 2 unspecified atom stereocenters. The molecule has 2 aromatic rings. The Bertz CT molecular complexity index is 812. The number of aromatic nitrogens is 1. The van der Waals surface area contributed by atoms with E-state index < -0.39 is 6.61 Å². The van der Waals surface area contributed by atoms with Gasteiger partial charge in [-0.05, 0) is 37.5 Å². The third-order valence-electron chi connectivity index (χ3n) is 5.12. The molecule has 1 aromatic carbocycles. The summed E-state index contributed by atoms with van der Waals surface area (Å²) in [6.07, 6.45) is 4.73. The smallest absolute Gasteiger partial charge is 0.387 e. The first-order chi connectivity index (χ1) is 14.1. The van der Waals surface area contributed by atoms with Gasteiger partial charge in [0.25, 0.3) is 0 Å². The molecule has 2 heterocycles. The molecule has 29 heavy (non-hydrogen) atoms. The Morgan fingerprint density at radius 2 is 1.93 bits per heavy atom. The molecule has 6 nitrogen and oxygen atoms in total. The van der Waals surface area contributed by atoms with Gasteiger partial charge >= 0.3 is 6.61 Å². The lowest BCUT2D eigenvalue weighted by Crippen LogP contribution is -2.42. The van der Waals surface area contributed by atoms with Gasteiger partial charge in [0.2, 0.25) is 0 Å². The molecule has 1 fully saturated rings. The molecule has 1 aromatic heterocycles. The normalized spacial score (nSPS) is 19.8. The Morgan fingerprint density at radius 3 is 2.55 bits per heavy atom. The summed E-state index contributed by atoms with van der Waals surface area (Å²) < 4.78 is 40.7. The van der Waals surface area contributed by atoms with Crippen molar-refractivity contribution in [2.24, 2.45) is 0 Å². The van der Waals surface area contributed by atoms with Gasteiger partial charge in [-0.15, -0.1) is 0 Å². The first-order valence-electron chi connectivity index (χ1n) is 9.39. The van der Waals surface area contributed by atoms with Crippen LogP contribution in [0.3, 0.4) is 0 Å². The predicted molar refractivity (Wildman–Crippen MR) is 102 cm³/mol. The monoisotopic (exact) mass is 406 g/mol. The molecule has 1 aliphatic heterocycles. The molecular formula is C21H24F2N2O4. The van der Waals surface area contributed by atoms with Crippen molar-refractivity contribution in [3.8, 4) is 17.2 Å². The first kappa shape index (κ1) is 21.0. The largest absolute Gasteiger partial charge is 0.496 e. The fourth-order valence-electron chi connectivity index (χ4n) is 3.88. The molecule has 0 spiro atoms. The molecule has 0 radical (unpaired) electrons. The van der Waals surface area contributed by atoms with Crippen LogP contribution in [0.25, 0.3) is 0 Å². The van der Waals surface area contributed by atoms with E-state index in [4.69, 9.17) is 9.47 Å². The second-order valence-corrected chi connectivity index (χ2v) is 6.76. The molecule has 3 rings (SSSR count). The van der Waals surface area contributed by atoms with E-state index in [0.29, 0.717) is 30.2 Å². The van der Waals surface area contributed by atoms with Gasteiger partial charge in [0, 0.05) is 24.8 Å². The van der Waals surface area contributed by atoms with Gasteiger partial charge in [0.1, 0.15) is 23.5 Å². The van der Waals surface area contributed by atoms with Crippen LogP contribution in [0.15, 0.2) is 36.5 Å². The lowest BCUT2D eigenvalue weighted by atomic mass is 9.90. The highest BCUT2D eigenvalue weighted by Gasteiger charge is 2.35. The number of nitrogens with zero attached hydrogens (tertiary/aromatic N) is 2. The summed E-state index contributed by atoms with van der Waals surface area (Å²) in [5, 5.41) is 0. The number of methoxy groups -OCH3 is 2. The number of hydrogen-bond donors (Lipinski definition) is 0. The van der Waals surface area contributed by atoms with Gasteiger partial charge < -0.3 is 19.0 Å². The molecule has 156 valence electrons. The van der Waals surface area contributed by atoms with Gasteiger partial charge in [-0.2, -0.15) is 8.78 Å². The quantitative estimate of drug-likeness (QED) is 0.618. The third kappa shape index (κ3) is 4.82. The molecule has 0 amide bonds. The fourth-order valence-corrected chi connectivity index (χ4v) is 3.88. The molecule has 0 N–H and O–H groups in total. The van der Waals surface area contributed by atoms with Crippen LogP contribution in [0.1, 0.15) is 36.6 Å². The van der Waals surface area contributed by atoms with E-state index in [1.165, 1.54) is 18.3 Å². The topological polar surface area (TPSA) is 60.9 Å². The average Bonchev–Trinajstić information content (AvgIpc) is 2.73. The lowest BCUT2D eigenvalue weighted by molar-refractivity contribution is -0.115. The number of benzene rings is 1. The highest BCUT2D eigenvalue weighted by atomic mass is 19.3. The molecule has 1 saturated heterocycles. The van der Waals surface area contributed by atoms with Gasteiger partial charge in [-0.3, -0.25) is 9.88 Å². The summed E-state index contributed by atoms with van der Waals surface area (Å²) >= 11 is 0. The standard InChI is InChI=1S/C21H24F2N2O4/c1-27-18-7-4-8-19(28-2)20(18)17-6-3-5-15(13-26)25(17)12-14-11-16(9-10-24-14)29-21(22)23/h4,7-11,13,15,17,21H,3,5-6,12H2,1-2H3. The van der Waals surface area contributed by atoms with Crippen molar-refractivity contribution < 1.29 is 27.8 Å². The maximum absolute atomic E-state index is 12.6. The molecule has 0 saturated carbocycles. The number of likely N-dealkylation sites (tertiary alicyclic amines) is 1. The van der Waals surface area contributed by atoms with Crippen LogP contribution in [0.2, 0.25) is 0 Å². The van der Waals surface area contributed by atoms with Crippen LogP contribution in [0.4, 0.5) is 8.78 Å².